The number of aromatic nitrogens is 1. The molecule has 0 bridgehead atoms. The molecule has 2 rings (SSSR count). The largest absolute Gasteiger partial charge is 0.476 e. The summed E-state index contributed by atoms with van der Waals surface area (Å²) in [6, 6.07) is -0.300. The number of nitrogens with one attached hydrogen (secondary N) is 1. The molecule has 10 heteroatoms. The normalized spacial score (nSPS) is 24.2. The van der Waals surface area contributed by atoms with Crippen molar-refractivity contribution in [3.05, 3.63) is 11.2 Å². The lowest BCUT2D eigenvalue weighted by molar-refractivity contribution is 0.0687. The third kappa shape index (κ3) is 3.38. The fourth-order valence-corrected chi connectivity index (χ4v) is 5.51. The zero-order chi connectivity index (χ0) is 14.0. The predicted molar refractivity (Wildman–Crippen MR) is 70.3 cm³/mol. The Morgan fingerprint density at radius 3 is 2.68 bits per heavy atom. The first-order valence-electron chi connectivity index (χ1n) is 5.44. The number of thiazole rings is 1. The summed E-state index contributed by atoms with van der Waals surface area (Å²) in [5.74, 6) is -0.449. The van der Waals surface area contributed by atoms with Crippen LogP contribution in [0.4, 0.5) is 0 Å². The van der Waals surface area contributed by atoms with Crippen molar-refractivity contribution < 1.29 is 22.5 Å². The highest BCUT2D eigenvalue weighted by atomic mass is 32.2. The first kappa shape index (κ1) is 14.6. The molecule has 2 N–H and O–H groups in total. The van der Waals surface area contributed by atoms with Gasteiger partial charge in [0, 0.05) is 28.3 Å². The summed E-state index contributed by atoms with van der Waals surface area (Å²) in [6.07, 6.45) is 0.986. The van der Waals surface area contributed by atoms with Gasteiger partial charge in [-0.05, 0) is 12.8 Å². The minimum absolute atomic E-state index is 0.285. The number of hydrogen-bond acceptors (Lipinski definition) is 6. The van der Waals surface area contributed by atoms with E-state index in [4.69, 9.17) is 5.11 Å². The van der Waals surface area contributed by atoms with Crippen molar-refractivity contribution in [2.45, 2.75) is 23.1 Å². The topological polar surface area (TPSA) is 113 Å². The highest BCUT2D eigenvalue weighted by Gasteiger charge is 2.29. The van der Waals surface area contributed by atoms with E-state index in [9.17, 15) is 17.4 Å². The van der Waals surface area contributed by atoms with Gasteiger partial charge in [-0.15, -0.1) is 11.3 Å². The summed E-state index contributed by atoms with van der Waals surface area (Å²) in [5, 5.41) is 8.87. The van der Waals surface area contributed by atoms with Crippen molar-refractivity contribution in [1.82, 2.24) is 9.71 Å². The van der Waals surface area contributed by atoms with E-state index in [1.54, 1.807) is 0 Å². The fraction of sp³-hybridized carbons (Fsp3) is 0.556. The van der Waals surface area contributed by atoms with E-state index in [2.05, 4.69) is 9.71 Å². The van der Waals surface area contributed by atoms with Crippen LogP contribution in [0.25, 0.3) is 0 Å². The summed E-state index contributed by atoms with van der Waals surface area (Å²) in [6.45, 7) is 0. The summed E-state index contributed by atoms with van der Waals surface area (Å²) in [4.78, 5) is 14.4. The standard InChI is InChI=1S/C9H12N2O5S3/c12-8(13)7-9(17-5-10-7)19(15,16)11-6-1-3-18(14)4-2-6/h5-6,11H,1-4H2,(H,12,13). The van der Waals surface area contributed by atoms with Gasteiger partial charge < -0.3 is 5.11 Å². The summed E-state index contributed by atoms with van der Waals surface area (Å²) < 4.78 is 37.5. The molecular formula is C9H12N2O5S3. The molecule has 19 heavy (non-hydrogen) atoms. The predicted octanol–water partition coefficient (Wildman–Crippen LogP) is 0.0307. The van der Waals surface area contributed by atoms with Crippen molar-refractivity contribution in [3.8, 4) is 0 Å². The monoisotopic (exact) mass is 324 g/mol. The van der Waals surface area contributed by atoms with Crippen LogP contribution in [0.2, 0.25) is 0 Å². The molecule has 0 spiro atoms. The van der Waals surface area contributed by atoms with E-state index in [1.807, 2.05) is 0 Å². The van der Waals surface area contributed by atoms with Crippen LogP contribution >= 0.6 is 11.3 Å². The lowest BCUT2D eigenvalue weighted by atomic mass is 10.2. The Balaban J connectivity index is 2.16. The van der Waals surface area contributed by atoms with Crippen LogP contribution in [-0.2, 0) is 20.8 Å². The van der Waals surface area contributed by atoms with Gasteiger partial charge in [-0.2, -0.15) is 0 Å². The number of carboxylic acids is 1. The lowest BCUT2D eigenvalue weighted by Gasteiger charge is -2.21. The van der Waals surface area contributed by atoms with Gasteiger partial charge in [0.1, 0.15) is 0 Å². The molecule has 0 unspecified atom stereocenters. The SMILES string of the molecule is O=C(O)c1ncsc1S(=O)(=O)NC1CCS(=O)CC1. The molecule has 0 aromatic carbocycles. The van der Waals surface area contributed by atoms with Gasteiger partial charge in [0.15, 0.2) is 9.90 Å². The zero-order valence-corrected chi connectivity index (χ0v) is 12.2. The average Bonchev–Trinajstić information content (AvgIpc) is 2.82. The van der Waals surface area contributed by atoms with Crippen LogP contribution in [0.5, 0.6) is 0 Å². The zero-order valence-electron chi connectivity index (χ0n) is 9.74. The van der Waals surface area contributed by atoms with Crippen LogP contribution in [0.3, 0.4) is 0 Å². The smallest absolute Gasteiger partial charge is 0.356 e. The lowest BCUT2D eigenvalue weighted by Crippen LogP contribution is -2.39. The van der Waals surface area contributed by atoms with Crippen LogP contribution in [0, 0.1) is 0 Å². The van der Waals surface area contributed by atoms with Crippen LogP contribution in [0.15, 0.2) is 9.72 Å². The molecule has 7 nitrogen and oxygen atoms in total. The van der Waals surface area contributed by atoms with E-state index in [-0.39, 0.29) is 10.3 Å². The highest BCUT2D eigenvalue weighted by molar-refractivity contribution is 7.91. The molecule has 0 radical (unpaired) electrons. The van der Waals surface area contributed by atoms with Crippen LogP contribution < -0.4 is 4.72 Å². The second-order valence-electron chi connectivity index (χ2n) is 4.04. The third-order valence-electron chi connectivity index (χ3n) is 2.69. The average molecular weight is 324 g/mol. The second-order valence-corrected chi connectivity index (χ2v) is 8.50. The van der Waals surface area contributed by atoms with Crippen LogP contribution in [0.1, 0.15) is 23.3 Å². The maximum absolute atomic E-state index is 12.1. The van der Waals surface area contributed by atoms with Crippen molar-refractivity contribution in [2.75, 3.05) is 11.5 Å². The number of hydrogen-bond donors (Lipinski definition) is 2. The molecule has 106 valence electrons. The minimum atomic E-state index is -3.88. The van der Waals surface area contributed by atoms with Gasteiger partial charge in [-0.25, -0.2) is 22.9 Å². The Kier molecular flexibility index (Phi) is 4.33. The molecule has 2 heterocycles. The number of carbonyl (C=O) groups is 1. The van der Waals surface area contributed by atoms with Crippen molar-refractivity contribution >= 4 is 38.1 Å². The Morgan fingerprint density at radius 1 is 1.47 bits per heavy atom. The molecule has 1 aromatic rings. The minimum Gasteiger partial charge on any atom is -0.476 e. The summed E-state index contributed by atoms with van der Waals surface area (Å²) in [5.41, 5.74) is 0.727. The van der Waals surface area contributed by atoms with Gasteiger partial charge in [0.25, 0.3) is 10.0 Å². The van der Waals surface area contributed by atoms with E-state index in [0.29, 0.717) is 24.3 Å². The van der Waals surface area contributed by atoms with E-state index < -0.39 is 32.5 Å². The first-order valence-corrected chi connectivity index (χ1v) is 9.29. The molecule has 1 fully saturated rings. The maximum Gasteiger partial charge on any atom is 0.356 e. The van der Waals surface area contributed by atoms with E-state index >= 15 is 0 Å². The van der Waals surface area contributed by atoms with Crippen molar-refractivity contribution in [1.29, 1.82) is 0 Å². The van der Waals surface area contributed by atoms with Gasteiger partial charge in [-0.3, -0.25) is 4.21 Å². The van der Waals surface area contributed by atoms with Gasteiger partial charge in [0.05, 0.1) is 5.51 Å². The number of carboxylic acid groups (broad SMARTS) is 1. The maximum atomic E-state index is 12.1. The summed E-state index contributed by atoms with van der Waals surface area (Å²) in [7, 11) is -4.76. The number of sulfonamides is 1. The second kappa shape index (κ2) is 5.65. The molecule has 1 saturated heterocycles. The Hall–Kier alpha value is -0.840. The summed E-state index contributed by atoms with van der Waals surface area (Å²) >= 11 is 0.772. The van der Waals surface area contributed by atoms with Gasteiger partial charge in [-0.1, -0.05) is 0 Å². The van der Waals surface area contributed by atoms with E-state index in [1.165, 1.54) is 5.51 Å². The molecule has 0 amide bonds. The quantitative estimate of drug-likeness (QED) is 0.808. The molecule has 0 aliphatic carbocycles. The van der Waals surface area contributed by atoms with Crippen LogP contribution in [-0.4, -0.2) is 46.2 Å². The van der Waals surface area contributed by atoms with E-state index in [0.717, 1.165) is 11.3 Å². The fourth-order valence-electron chi connectivity index (χ4n) is 1.75. The van der Waals surface area contributed by atoms with Gasteiger partial charge in [0.2, 0.25) is 0 Å². The molecule has 1 aliphatic heterocycles. The molecule has 1 aliphatic rings. The molecule has 0 atom stereocenters. The Labute approximate surface area is 116 Å². The van der Waals surface area contributed by atoms with Gasteiger partial charge >= 0.3 is 5.97 Å². The first-order chi connectivity index (χ1) is 8.90. The molecule has 1 aromatic heterocycles. The Morgan fingerprint density at radius 2 is 2.11 bits per heavy atom. The molecular weight excluding hydrogens is 312 g/mol. The van der Waals surface area contributed by atoms with Crippen molar-refractivity contribution in [2.24, 2.45) is 0 Å². The highest BCUT2D eigenvalue weighted by Crippen LogP contribution is 2.21. The van der Waals surface area contributed by atoms with Crippen molar-refractivity contribution in [3.63, 3.8) is 0 Å². The molecule has 0 saturated carbocycles. The number of rotatable bonds is 4. The Bertz CT molecular complexity index is 599. The number of aromatic carboxylic acids is 1. The number of nitrogens with zero attached hydrogens (tertiary/aromatic N) is 1. The third-order valence-corrected chi connectivity index (χ3v) is 6.96.